The molecule has 7 rings (SSSR count). The lowest BCUT2D eigenvalue weighted by molar-refractivity contribution is 0.0516. The van der Waals surface area contributed by atoms with Gasteiger partial charge in [0, 0.05) is 34.5 Å². The van der Waals surface area contributed by atoms with Crippen molar-refractivity contribution in [3.63, 3.8) is 0 Å². The van der Waals surface area contributed by atoms with Crippen LogP contribution in [0.2, 0.25) is 10.0 Å². The molecule has 9 nitrogen and oxygen atoms in total. The van der Waals surface area contributed by atoms with Gasteiger partial charge in [-0.2, -0.15) is 0 Å². The van der Waals surface area contributed by atoms with Crippen molar-refractivity contribution in [1.82, 2.24) is 9.88 Å². The van der Waals surface area contributed by atoms with Crippen molar-refractivity contribution in [3.8, 4) is 33.9 Å². The van der Waals surface area contributed by atoms with Crippen LogP contribution in [0.1, 0.15) is 39.1 Å². The van der Waals surface area contributed by atoms with Crippen LogP contribution < -0.4 is 14.4 Å². The summed E-state index contributed by atoms with van der Waals surface area (Å²) in [6.45, 7) is 1.01. The third kappa shape index (κ3) is 5.30. The number of carboxylic acids is 1. The average molecular weight is 665 g/mol. The van der Waals surface area contributed by atoms with Gasteiger partial charge < -0.3 is 29.1 Å². The maximum atomic E-state index is 15.7. The number of benzene rings is 3. The van der Waals surface area contributed by atoms with Crippen LogP contribution in [-0.2, 0) is 11.3 Å². The monoisotopic (exact) mass is 663 g/mol. The normalized spacial score (nSPS) is 18.6. The highest BCUT2D eigenvalue weighted by atomic mass is 35.5. The van der Waals surface area contributed by atoms with Crippen LogP contribution in [0.15, 0.2) is 60.8 Å². The largest absolute Gasteiger partial charge is 0.481 e. The lowest BCUT2D eigenvalue weighted by Gasteiger charge is -2.37. The molecule has 236 valence electrons. The first-order valence-electron chi connectivity index (χ1n) is 14.7. The molecule has 0 spiro atoms. The van der Waals surface area contributed by atoms with E-state index in [1.807, 2.05) is 6.07 Å². The molecule has 4 aromatic rings. The predicted octanol–water partition coefficient (Wildman–Crippen LogP) is 6.93. The minimum atomic E-state index is -1.20. The molecule has 1 aromatic heterocycles. The second-order valence-electron chi connectivity index (χ2n) is 11.5. The first kappa shape index (κ1) is 30.3. The molecule has 2 fully saturated rings. The lowest BCUT2D eigenvalue weighted by atomic mass is 9.96. The van der Waals surface area contributed by atoms with Gasteiger partial charge in [-0.3, -0.25) is 4.79 Å². The maximum absolute atomic E-state index is 15.7. The van der Waals surface area contributed by atoms with Crippen molar-refractivity contribution in [1.29, 1.82) is 0 Å². The molecule has 0 aliphatic carbocycles. The molecule has 2 saturated heterocycles. The molecule has 12 heteroatoms. The smallest absolute Gasteiger partial charge is 0.337 e. The number of halogens is 3. The second-order valence-corrected chi connectivity index (χ2v) is 12.3. The zero-order valence-electron chi connectivity index (χ0n) is 24.6. The number of methoxy groups -OCH3 is 1. The molecule has 1 amide bonds. The number of morpholine rings is 1. The van der Waals surface area contributed by atoms with Crippen molar-refractivity contribution in [2.45, 2.75) is 31.5 Å². The first-order valence-corrected chi connectivity index (χ1v) is 15.5. The number of hydrogen-bond donors (Lipinski definition) is 1. The number of anilines is 1. The fraction of sp³-hybridized carbons (Fsp3) is 0.265. The van der Waals surface area contributed by atoms with E-state index in [9.17, 15) is 14.7 Å². The molecule has 46 heavy (non-hydrogen) atoms. The zero-order chi connectivity index (χ0) is 32.1. The Kier molecular flexibility index (Phi) is 7.96. The molecule has 2 bridgehead atoms. The summed E-state index contributed by atoms with van der Waals surface area (Å²) < 4.78 is 32.6. The molecule has 3 aliphatic rings. The van der Waals surface area contributed by atoms with Crippen LogP contribution in [0.5, 0.6) is 11.6 Å². The Morgan fingerprint density at radius 1 is 1.00 bits per heavy atom. The Morgan fingerprint density at radius 2 is 1.74 bits per heavy atom. The average Bonchev–Trinajstić information content (AvgIpc) is 3.30. The molecule has 3 aliphatic heterocycles. The molecule has 2 atom stereocenters. The van der Waals surface area contributed by atoms with Gasteiger partial charge in [0.25, 0.3) is 5.91 Å². The molecular formula is C34H28Cl2FN3O6. The van der Waals surface area contributed by atoms with Gasteiger partial charge in [-0.25, -0.2) is 14.2 Å². The Bertz CT molecular complexity index is 1830. The fourth-order valence-corrected chi connectivity index (χ4v) is 7.21. The predicted molar refractivity (Wildman–Crippen MR) is 171 cm³/mol. The Labute approximate surface area is 274 Å². The van der Waals surface area contributed by atoms with Gasteiger partial charge in [0.15, 0.2) is 6.73 Å². The van der Waals surface area contributed by atoms with E-state index >= 15 is 4.39 Å². The highest BCUT2D eigenvalue weighted by molar-refractivity contribution is 6.40. The quantitative estimate of drug-likeness (QED) is 0.237. The van der Waals surface area contributed by atoms with E-state index in [0.29, 0.717) is 47.2 Å². The first-order chi connectivity index (χ1) is 22.2. The van der Waals surface area contributed by atoms with Crippen molar-refractivity contribution >= 4 is 40.8 Å². The van der Waals surface area contributed by atoms with E-state index in [1.54, 1.807) is 48.7 Å². The summed E-state index contributed by atoms with van der Waals surface area (Å²) in [5, 5.41) is 10.3. The summed E-state index contributed by atoms with van der Waals surface area (Å²) >= 11 is 13.2. The molecule has 3 aromatic carbocycles. The number of amides is 1. The second kappa shape index (κ2) is 12.1. The maximum Gasteiger partial charge on any atom is 0.337 e. The van der Waals surface area contributed by atoms with Gasteiger partial charge in [-0.05, 0) is 48.7 Å². The molecule has 1 N–H and O–H groups in total. The summed E-state index contributed by atoms with van der Waals surface area (Å²) in [5.74, 6) is -1.41. The van der Waals surface area contributed by atoms with Gasteiger partial charge in [0.2, 0.25) is 5.88 Å². The molecule has 2 unspecified atom stereocenters. The van der Waals surface area contributed by atoms with Crippen LogP contribution in [0.4, 0.5) is 10.1 Å². The van der Waals surface area contributed by atoms with Gasteiger partial charge in [0.1, 0.15) is 11.6 Å². The lowest BCUT2D eigenvalue weighted by Crippen LogP contribution is -2.46. The molecule has 0 saturated carbocycles. The summed E-state index contributed by atoms with van der Waals surface area (Å²) in [4.78, 5) is 33.6. The third-order valence-corrected chi connectivity index (χ3v) is 9.37. The highest BCUT2D eigenvalue weighted by Crippen LogP contribution is 2.43. The summed E-state index contributed by atoms with van der Waals surface area (Å²) in [5.41, 5.74) is 3.28. The van der Waals surface area contributed by atoms with Crippen LogP contribution in [0.25, 0.3) is 22.3 Å². The highest BCUT2D eigenvalue weighted by Gasteiger charge is 2.40. The number of ether oxygens (including phenoxy) is 3. The number of pyridine rings is 1. The van der Waals surface area contributed by atoms with E-state index in [4.69, 9.17) is 37.4 Å². The van der Waals surface area contributed by atoms with E-state index in [2.05, 4.69) is 9.88 Å². The van der Waals surface area contributed by atoms with Crippen molar-refractivity contribution in [2.75, 3.05) is 32.0 Å². The van der Waals surface area contributed by atoms with Crippen molar-refractivity contribution < 1.29 is 33.3 Å². The number of aromatic nitrogens is 1. The standard InChI is InChI=1S/C34H28Cl2FN3O6/c1-44-30-8-5-18(13-38-30)20-9-26(35)31(27(36)10-20)33(41)39-14-19-3-2-4-23(32(19)46-17-39)24-12-29(25(34(42)43)11-28(24)37)40-21-6-7-22(40)16-45-15-21/h2-5,8-13,21-22H,6-7,14-17H2,1H3,(H,42,43). The zero-order valence-corrected chi connectivity index (χ0v) is 26.1. The van der Waals surface area contributed by atoms with Crippen LogP contribution in [-0.4, -0.2) is 66.0 Å². The Balaban J connectivity index is 1.19. The number of fused-ring (bicyclic) bond motifs is 3. The molecule has 0 radical (unpaired) electrons. The number of carboxylic acid groups (broad SMARTS) is 1. The van der Waals surface area contributed by atoms with Gasteiger partial charge in [0.05, 0.1) is 65.8 Å². The summed E-state index contributed by atoms with van der Waals surface area (Å²) in [6, 6.07) is 14.9. The van der Waals surface area contributed by atoms with Crippen molar-refractivity contribution in [2.24, 2.45) is 0 Å². The fourth-order valence-electron chi connectivity index (χ4n) is 6.57. The van der Waals surface area contributed by atoms with E-state index in [-0.39, 0.29) is 52.1 Å². The SMILES string of the molecule is COc1ccc(-c2cc(Cl)c(C(=O)N3COc4c(cccc4-c4cc(N5C6CCC5COC6)c(C(=O)O)cc4F)C3)c(Cl)c2)cn1. The molecule has 4 heterocycles. The third-order valence-electron chi connectivity index (χ3n) is 8.77. The minimum absolute atomic E-state index is 0.0243. The number of rotatable bonds is 6. The van der Waals surface area contributed by atoms with Crippen molar-refractivity contribution in [3.05, 3.63) is 93.3 Å². The number of nitrogens with zero attached hydrogens (tertiary/aromatic N) is 3. The topological polar surface area (TPSA) is 101 Å². The number of hydrogen-bond acceptors (Lipinski definition) is 7. The van der Waals surface area contributed by atoms with E-state index in [1.165, 1.54) is 12.0 Å². The number of aromatic carboxylic acids is 1. The van der Waals surface area contributed by atoms with E-state index in [0.717, 1.165) is 24.5 Å². The molecular weight excluding hydrogens is 636 g/mol. The van der Waals surface area contributed by atoms with E-state index < -0.39 is 17.7 Å². The summed E-state index contributed by atoms with van der Waals surface area (Å²) in [6.07, 6.45) is 3.38. The number of carbonyl (C=O) groups excluding carboxylic acids is 1. The van der Waals surface area contributed by atoms with Crippen LogP contribution >= 0.6 is 23.2 Å². The Hall–Kier alpha value is -4.38. The van der Waals surface area contributed by atoms with Gasteiger partial charge in [-0.15, -0.1) is 0 Å². The number of carbonyl (C=O) groups is 2. The number of para-hydroxylation sites is 1. The Morgan fingerprint density at radius 3 is 2.39 bits per heavy atom. The summed E-state index contributed by atoms with van der Waals surface area (Å²) in [7, 11) is 1.53. The van der Waals surface area contributed by atoms with Crippen LogP contribution in [0.3, 0.4) is 0 Å². The minimum Gasteiger partial charge on any atom is -0.481 e. The van der Waals surface area contributed by atoms with Gasteiger partial charge in [-0.1, -0.05) is 41.4 Å². The van der Waals surface area contributed by atoms with Crippen LogP contribution in [0, 0.1) is 5.82 Å². The van der Waals surface area contributed by atoms with Gasteiger partial charge >= 0.3 is 5.97 Å².